The van der Waals surface area contributed by atoms with E-state index in [-0.39, 0.29) is 53.6 Å². The molecule has 0 amide bonds. The number of carbonyl (C=O) groups is 4. The molecule has 0 bridgehead atoms. The summed E-state index contributed by atoms with van der Waals surface area (Å²) in [4.78, 5) is 45.3. The zero-order chi connectivity index (χ0) is 22.4. The molecule has 0 aromatic heterocycles. The second-order valence-corrected chi connectivity index (χ2v) is 8.02. The number of benzene rings is 2. The summed E-state index contributed by atoms with van der Waals surface area (Å²) in [5.41, 5.74) is 1.67. The van der Waals surface area contributed by atoms with E-state index < -0.39 is 0 Å². The Morgan fingerprint density at radius 3 is 1.58 bits per heavy atom. The van der Waals surface area contributed by atoms with Gasteiger partial charge in [0.15, 0.2) is 0 Å². The summed E-state index contributed by atoms with van der Waals surface area (Å²) in [5.74, 6) is 0.795. The molecule has 2 fully saturated rings. The van der Waals surface area contributed by atoms with Gasteiger partial charge in [-0.1, -0.05) is 36.4 Å². The third-order valence-electron chi connectivity index (χ3n) is 5.64. The molecule has 6 nitrogen and oxygen atoms in total. The lowest BCUT2D eigenvalue weighted by atomic mass is 9.82. The third kappa shape index (κ3) is 5.87. The SMILES string of the molecule is COc1ccccc1C1CC(=O)CC(=O)C1.O=C1CC(=O)CC(c2ccccc2O)C1. The van der Waals surface area contributed by atoms with Crippen LogP contribution in [0.15, 0.2) is 48.5 Å². The van der Waals surface area contributed by atoms with Crippen LogP contribution in [0.1, 0.15) is 61.5 Å². The van der Waals surface area contributed by atoms with E-state index in [0.29, 0.717) is 31.2 Å². The average molecular weight is 422 g/mol. The molecule has 6 heteroatoms. The third-order valence-corrected chi connectivity index (χ3v) is 5.64. The number of aromatic hydroxyl groups is 1. The number of phenolic OH excluding ortho intramolecular Hbond substituents is 1. The summed E-state index contributed by atoms with van der Waals surface area (Å²) in [6.45, 7) is 0. The number of para-hydroxylation sites is 2. The lowest BCUT2D eigenvalue weighted by Crippen LogP contribution is -2.21. The fourth-order valence-corrected chi connectivity index (χ4v) is 4.25. The van der Waals surface area contributed by atoms with Crippen LogP contribution >= 0.6 is 0 Å². The number of Topliss-reactive ketones (excluding diaryl/α,β-unsaturated/α-hetero) is 4. The van der Waals surface area contributed by atoms with Crippen LogP contribution in [-0.4, -0.2) is 35.3 Å². The van der Waals surface area contributed by atoms with Gasteiger partial charge >= 0.3 is 0 Å². The van der Waals surface area contributed by atoms with E-state index in [1.165, 1.54) is 0 Å². The Labute approximate surface area is 181 Å². The van der Waals surface area contributed by atoms with Gasteiger partial charge in [0.1, 0.15) is 34.6 Å². The van der Waals surface area contributed by atoms with Crippen molar-refractivity contribution in [2.75, 3.05) is 7.11 Å². The zero-order valence-corrected chi connectivity index (χ0v) is 17.5. The maximum atomic E-state index is 11.4. The molecule has 0 heterocycles. The van der Waals surface area contributed by atoms with Gasteiger partial charge in [-0.15, -0.1) is 0 Å². The van der Waals surface area contributed by atoms with Crippen molar-refractivity contribution in [2.45, 2.75) is 50.4 Å². The fourth-order valence-electron chi connectivity index (χ4n) is 4.25. The molecule has 2 aromatic rings. The van der Waals surface area contributed by atoms with Crippen LogP contribution in [0.5, 0.6) is 11.5 Å². The predicted molar refractivity (Wildman–Crippen MR) is 114 cm³/mol. The second kappa shape index (κ2) is 10.2. The molecule has 0 spiro atoms. The number of hydrogen-bond acceptors (Lipinski definition) is 6. The van der Waals surface area contributed by atoms with E-state index in [0.717, 1.165) is 11.3 Å². The Hall–Kier alpha value is -3.28. The van der Waals surface area contributed by atoms with Gasteiger partial charge in [0.25, 0.3) is 0 Å². The predicted octanol–water partition coefficient (Wildman–Crippen LogP) is 3.90. The van der Waals surface area contributed by atoms with E-state index in [1.54, 1.807) is 31.4 Å². The fraction of sp³-hybridized carbons (Fsp3) is 0.360. The number of ketones is 4. The van der Waals surface area contributed by atoms with Crippen LogP contribution in [0.3, 0.4) is 0 Å². The molecule has 2 saturated carbocycles. The summed E-state index contributed by atoms with van der Waals surface area (Å²) in [5, 5.41) is 9.61. The highest BCUT2D eigenvalue weighted by Crippen LogP contribution is 2.35. The molecule has 0 radical (unpaired) electrons. The summed E-state index contributed by atoms with van der Waals surface area (Å²) in [7, 11) is 1.60. The summed E-state index contributed by atoms with van der Waals surface area (Å²) < 4.78 is 5.25. The summed E-state index contributed by atoms with van der Waals surface area (Å²) in [6, 6.07) is 14.5. The van der Waals surface area contributed by atoms with Crippen molar-refractivity contribution in [1.82, 2.24) is 0 Å². The minimum absolute atomic E-state index is 0.00935. The normalized spacial score (nSPS) is 17.8. The Kier molecular flexibility index (Phi) is 7.34. The number of rotatable bonds is 3. The summed E-state index contributed by atoms with van der Waals surface area (Å²) >= 11 is 0. The smallest absolute Gasteiger partial charge is 0.140 e. The van der Waals surface area contributed by atoms with E-state index in [2.05, 4.69) is 0 Å². The first-order chi connectivity index (χ1) is 14.9. The van der Waals surface area contributed by atoms with E-state index >= 15 is 0 Å². The lowest BCUT2D eigenvalue weighted by Gasteiger charge is -2.22. The topological polar surface area (TPSA) is 97.7 Å². The lowest BCUT2D eigenvalue weighted by molar-refractivity contribution is -0.131. The van der Waals surface area contributed by atoms with Crippen LogP contribution in [0.25, 0.3) is 0 Å². The Morgan fingerprint density at radius 2 is 1.10 bits per heavy atom. The van der Waals surface area contributed by atoms with Crippen molar-refractivity contribution in [1.29, 1.82) is 0 Å². The van der Waals surface area contributed by atoms with Gasteiger partial charge in [-0.2, -0.15) is 0 Å². The highest BCUT2D eigenvalue weighted by Gasteiger charge is 2.29. The number of ether oxygens (including phenoxy) is 1. The molecular formula is C25H26O6. The summed E-state index contributed by atoms with van der Waals surface area (Å²) in [6.07, 6.45) is 1.79. The Bertz CT molecular complexity index is 961. The molecule has 4 rings (SSSR count). The molecule has 0 unspecified atom stereocenters. The molecule has 0 aliphatic heterocycles. The van der Waals surface area contributed by atoms with Crippen LogP contribution in [0.2, 0.25) is 0 Å². The van der Waals surface area contributed by atoms with Crippen molar-refractivity contribution in [2.24, 2.45) is 0 Å². The van der Waals surface area contributed by atoms with Gasteiger partial charge in [-0.3, -0.25) is 19.2 Å². The molecule has 1 N–H and O–H groups in total. The molecule has 162 valence electrons. The van der Waals surface area contributed by atoms with Gasteiger partial charge in [0.05, 0.1) is 20.0 Å². The van der Waals surface area contributed by atoms with Crippen molar-refractivity contribution in [3.05, 3.63) is 59.7 Å². The number of carbonyl (C=O) groups excluding carboxylic acids is 4. The minimum atomic E-state index is -0.139. The van der Waals surface area contributed by atoms with Crippen molar-refractivity contribution >= 4 is 23.1 Å². The molecular weight excluding hydrogens is 396 g/mol. The molecule has 31 heavy (non-hydrogen) atoms. The van der Waals surface area contributed by atoms with E-state index in [4.69, 9.17) is 4.74 Å². The number of phenols is 1. The van der Waals surface area contributed by atoms with Crippen molar-refractivity contribution in [3.8, 4) is 11.5 Å². The Balaban J connectivity index is 0.000000176. The second-order valence-electron chi connectivity index (χ2n) is 8.02. The standard InChI is InChI=1S/C13H14O3.C12H12O3/c1-16-13-5-3-2-4-12(13)9-6-10(14)8-11(15)7-9;13-9-5-8(6-10(14)7-9)11-3-1-2-4-12(11)15/h2-5,9H,6-8H2,1H3;1-4,8,15H,5-7H2. The maximum absolute atomic E-state index is 11.4. The van der Waals surface area contributed by atoms with Gasteiger partial charge in [-0.25, -0.2) is 0 Å². The first-order valence-electron chi connectivity index (χ1n) is 10.3. The number of methoxy groups -OCH3 is 1. The van der Waals surface area contributed by atoms with Crippen LogP contribution in [0.4, 0.5) is 0 Å². The van der Waals surface area contributed by atoms with Gasteiger partial charge in [0.2, 0.25) is 0 Å². The van der Waals surface area contributed by atoms with E-state index in [9.17, 15) is 24.3 Å². The van der Waals surface area contributed by atoms with Gasteiger partial charge < -0.3 is 9.84 Å². The minimum Gasteiger partial charge on any atom is -0.508 e. The first-order valence-corrected chi connectivity index (χ1v) is 10.3. The van der Waals surface area contributed by atoms with Crippen LogP contribution < -0.4 is 4.74 Å². The number of hydrogen-bond donors (Lipinski definition) is 1. The van der Waals surface area contributed by atoms with E-state index in [1.807, 2.05) is 24.3 Å². The molecule has 0 saturated heterocycles. The first kappa shape index (κ1) is 22.4. The molecule has 2 aromatic carbocycles. The highest BCUT2D eigenvalue weighted by molar-refractivity contribution is 6.02. The van der Waals surface area contributed by atoms with Crippen LogP contribution in [0, 0.1) is 0 Å². The van der Waals surface area contributed by atoms with Gasteiger partial charge in [-0.05, 0) is 23.3 Å². The monoisotopic (exact) mass is 422 g/mol. The molecule has 2 aliphatic carbocycles. The largest absolute Gasteiger partial charge is 0.508 e. The zero-order valence-electron chi connectivity index (χ0n) is 17.5. The quantitative estimate of drug-likeness (QED) is 0.754. The maximum Gasteiger partial charge on any atom is 0.140 e. The molecule has 2 aliphatic rings. The Morgan fingerprint density at radius 1 is 0.677 bits per heavy atom. The molecule has 0 atom stereocenters. The average Bonchev–Trinajstić information content (AvgIpc) is 2.73. The van der Waals surface area contributed by atoms with Crippen molar-refractivity contribution in [3.63, 3.8) is 0 Å². The van der Waals surface area contributed by atoms with Gasteiger partial charge in [0, 0.05) is 37.5 Å². The van der Waals surface area contributed by atoms with Crippen LogP contribution in [-0.2, 0) is 19.2 Å². The highest BCUT2D eigenvalue weighted by atomic mass is 16.5. The van der Waals surface area contributed by atoms with Crippen molar-refractivity contribution < 1.29 is 29.0 Å².